The topological polar surface area (TPSA) is 15.8 Å². The first kappa shape index (κ1) is 15.7. The molecule has 0 fully saturated rings. The number of aromatic amines is 1. The van der Waals surface area contributed by atoms with Crippen molar-refractivity contribution in [2.45, 2.75) is 51.9 Å². The molecule has 0 aliphatic carbocycles. The van der Waals surface area contributed by atoms with E-state index in [1.807, 2.05) is 6.07 Å². The second kappa shape index (κ2) is 6.92. The van der Waals surface area contributed by atoms with Crippen molar-refractivity contribution in [1.29, 1.82) is 0 Å². The maximum absolute atomic E-state index is 5.53. The minimum atomic E-state index is 0.665. The number of fused-ring (bicyclic) bond motifs is 3. The van der Waals surface area contributed by atoms with Gasteiger partial charge in [0.15, 0.2) is 0 Å². The summed E-state index contributed by atoms with van der Waals surface area (Å²) >= 11 is 0. The van der Waals surface area contributed by atoms with Crippen LogP contribution < -0.4 is 0 Å². The molecule has 0 radical (unpaired) electrons. The summed E-state index contributed by atoms with van der Waals surface area (Å²) in [5.41, 5.74) is 4.78. The maximum Gasteiger partial charge on any atom is 0.0467 e. The van der Waals surface area contributed by atoms with E-state index in [4.69, 9.17) is 6.42 Å². The standard InChI is InChI=1S/C22H25N/c1-4-7-8-9-17(6-3)18-11-12-19-20-14-16(5-2)10-13-21(20)23-22(19)15-18/h2,10-15,17,23H,4,6-9H2,1,3H3. The molecule has 23 heavy (non-hydrogen) atoms. The van der Waals surface area contributed by atoms with Crippen molar-refractivity contribution in [3.8, 4) is 12.3 Å². The Bertz CT molecular complexity index is 847. The first-order valence-corrected chi connectivity index (χ1v) is 8.78. The van der Waals surface area contributed by atoms with E-state index < -0.39 is 0 Å². The first-order chi connectivity index (χ1) is 11.3. The van der Waals surface area contributed by atoms with Crippen molar-refractivity contribution in [3.63, 3.8) is 0 Å². The predicted molar refractivity (Wildman–Crippen MR) is 101 cm³/mol. The minimum Gasteiger partial charge on any atom is -0.355 e. The van der Waals surface area contributed by atoms with Gasteiger partial charge in [-0.1, -0.05) is 51.2 Å². The van der Waals surface area contributed by atoms with Crippen LogP contribution in [-0.2, 0) is 0 Å². The van der Waals surface area contributed by atoms with Crippen molar-refractivity contribution in [3.05, 3.63) is 47.5 Å². The average Bonchev–Trinajstić information content (AvgIpc) is 2.95. The van der Waals surface area contributed by atoms with Gasteiger partial charge in [-0.15, -0.1) is 6.42 Å². The molecule has 1 atom stereocenters. The lowest BCUT2D eigenvalue weighted by Crippen LogP contribution is -1.97. The molecule has 1 nitrogen and oxygen atoms in total. The van der Waals surface area contributed by atoms with E-state index in [0.717, 1.165) is 11.1 Å². The molecule has 3 rings (SSSR count). The molecular weight excluding hydrogens is 278 g/mol. The van der Waals surface area contributed by atoms with Gasteiger partial charge in [-0.2, -0.15) is 0 Å². The lowest BCUT2D eigenvalue weighted by atomic mass is 9.90. The van der Waals surface area contributed by atoms with E-state index in [0.29, 0.717) is 5.92 Å². The fourth-order valence-corrected chi connectivity index (χ4v) is 3.51. The molecule has 3 aromatic rings. The van der Waals surface area contributed by atoms with Gasteiger partial charge in [-0.3, -0.25) is 0 Å². The van der Waals surface area contributed by atoms with Crippen LogP contribution in [0.25, 0.3) is 21.8 Å². The fourth-order valence-electron chi connectivity index (χ4n) is 3.51. The second-order valence-corrected chi connectivity index (χ2v) is 6.44. The Balaban J connectivity index is 1.98. The van der Waals surface area contributed by atoms with E-state index in [1.54, 1.807) is 0 Å². The third kappa shape index (κ3) is 3.13. The first-order valence-electron chi connectivity index (χ1n) is 8.78. The number of rotatable bonds is 6. The molecular formula is C22H25N. The van der Waals surface area contributed by atoms with E-state index >= 15 is 0 Å². The summed E-state index contributed by atoms with van der Waals surface area (Å²) < 4.78 is 0. The molecule has 1 heterocycles. The van der Waals surface area contributed by atoms with Gasteiger partial charge in [0.25, 0.3) is 0 Å². The number of hydrogen-bond acceptors (Lipinski definition) is 0. The van der Waals surface area contributed by atoms with Crippen LogP contribution in [0.5, 0.6) is 0 Å². The van der Waals surface area contributed by atoms with E-state index in [2.05, 4.69) is 55.1 Å². The van der Waals surface area contributed by atoms with Gasteiger partial charge in [0.2, 0.25) is 0 Å². The Hall–Kier alpha value is -2.20. The Morgan fingerprint density at radius 1 is 1.00 bits per heavy atom. The number of hydrogen-bond donors (Lipinski definition) is 1. The maximum atomic E-state index is 5.53. The quantitative estimate of drug-likeness (QED) is 0.402. The van der Waals surface area contributed by atoms with Crippen LogP contribution >= 0.6 is 0 Å². The molecule has 1 aromatic heterocycles. The van der Waals surface area contributed by atoms with Crippen LogP contribution in [0, 0.1) is 12.3 Å². The van der Waals surface area contributed by atoms with Gasteiger partial charge in [0.05, 0.1) is 0 Å². The van der Waals surface area contributed by atoms with Crippen molar-refractivity contribution in [2.75, 3.05) is 0 Å². The Kier molecular flexibility index (Phi) is 4.72. The Morgan fingerprint density at radius 2 is 1.87 bits per heavy atom. The average molecular weight is 303 g/mol. The van der Waals surface area contributed by atoms with Crippen molar-refractivity contribution in [1.82, 2.24) is 4.98 Å². The van der Waals surface area contributed by atoms with Gasteiger partial charge in [-0.05, 0) is 48.6 Å². The normalized spacial score (nSPS) is 12.6. The number of benzene rings is 2. The highest BCUT2D eigenvalue weighted by Gasteiger charge is 2.12. The molecule has 1 N–H and O–H groups in total. The lowest BCUT2D eigenvalue weighted by Gasteiger charge is -2.15. The highest BCUT2D eigenvalue weighted by molar-refractivity contribution is 6.07. The lowest BCUT2D eigenvalue weighted by molar-refractivity contribution is 0.554. The van der Waals surface area contributed by atoms with Crippen LogP contribution in [0.4, 0.5) is 0 Å². The number of unbranched alkanes of at least 4 members (excludes halogenated alkanes) is 2. The molecule has 2 aromatic carbocycles. The van der Waals surface area contributed by atoms with Crippen molar-refractivity contribution >= 4 is 21.8 Å². The molecule has 1 heteroatoms. The smallest absolute Gasteiger partial charge is 0.0467 e. The summed E-state index contributed by atoms with van der Waals surface area (Å²) in [5, 5.41) is 2.49. The molecule has 0 aliphatic rings. The number of aromatic nitrogens is 1. The Labute approximate surface area is 139 Å². The summed E-state index contributed by atoms with van der Waals surface area (Å²) in [7, 11) is 0. The van der Waals surface area contributed by atoms with Gasteiger partial charge >= 0.3 is 0 Å². The fraction of sp³-hybridized carbons (Fsp3) is 0.364. The van der Waals surface area contributed by atoms with E-state index in [-0.39, 0.29) is 0 Å². The number of nitrogens with one attached hydrogen (secondary N) is 1. The molecule has 0 spiro atoms. The van der Waals surface area contributed by atoms with Gasteiger partial charge in [0.1, 0.15) is 0 Å². The molecule has 0 bridgehead atoms. The third-order valence-electron chi connectivity index (χ3n) is 4.91. The Morgan fingerprint density at radius 3 is 2.61 bits per heavy atom. The monoisotopic (exact) mass is 303 g/mol. The highest BCUT2D eigenvalue weighted by Crippen LogP contribution is 2.32. The molecule has 1 unspecified atom stereocenters. The summed E-state index contributed by atoms with van der Waals surface area (Å²) in [6, 6.07) is 13.1. The highest BCUT2D eigenvalue weighted by atomic mass is 14.7. The molecule has 118 valence electrons. The summed E-state index contributed by atoms with van der Waals surface area (Å²) in [5.74, 6) is 3.39. The third-order valence-corrected chi connectivity index (χ3v) is 4.91. The zero-order chi connectivity index (χ0) is 16.2. The summed E-state index contributed by atoms with van der Waals surface area (Å²) in [6.45, 7) is 4.56. The predicted octanol–water partition coefficient (Wildman–Crippen LogP) is 6.38. The van der Waals surface area contributed by atoms with Crippen LogP contribution in [0.1, 0.15) is 63.0 Å². The van der Waals surface area contributed by atoms with Crippen molar-refractivity contribution in [2.24, 2.45) is 0 Å². The van der Waals surface area contributed by atoms with Crippen LogP contribution in [0.2, 0.25) is 0 Å². The zero-order valence-electron chi connectivity index (χ0n) is 14.2. The molecule has 0 amide bonds. The largest absolute Gasteiger partial charge is 0.355 e. The molecule has 0 saturated heterocycles. The minimum absolute atomic E-state index is 0.665. The van der Waals surface area contributed by atoms with Gasteiger partial charge in [-0.25, -0.2) is 0 Å². The molecule has 0 saturated carbocycles. The zero-order valence-corrected chi connectivity index (χ0v) is 14.2. The van der Waals surface area contributed by atoms with E-state index in [9.17, 15) is 0 Å². The van der Waals surface area contributed by atoms with Crippen LogP contribution in [0.3, 0.4) is 0 Å². The van der Waals surface area contributed by atoms with Gasteiger partial charge < -0.3 is 4.98 Å². The second-order valence-electron chi connectivity index (χ2n) is 6.44. The van der Waals surface area contributed by atoms with E-state index in [1.165, 1.54) is 54.0 Å². The van der Waals surface area contributed by atoms with Gasteiger partial charge in [0, 0.05) is 27.4 Å². The SMILES string of the molecule is C#Cc1ccc2[nH]c3cc(C(CC)CCCCC)ccc3c2c1. The summed E-state index contributed by atoms with van der Waals surface area (Å²) in [4.78, 5) is 3.55. The van der Waals surface area contributed by atoms with Crippen molar-refractivity contribution < 1.29 is 0 Å². The summed E-state index contributed by atoms with van der Waals surface area (Å²) in [6.07, 6.45) is 12.0. The van der Waals surface area contributed by atoms with Crippen LogP contribution in [-0.4, -0.2) is 4.98 Å². The number of terminal acetylenes is 1. The number of H-pyrrole nitrogens is 1. The van der Waals surface area contributed by atoms with Crippen LogP contribution in [0.15, 0.2) is 36.4 Å². The molecule has 0 aliphatic heterocycles.